The van der Waals surface area contributed by atoms with Crippen LogP contribution in [0.4, 0.5) is 5.69 Å². The van der Waals surface area contributed by atoms with E-state index in [9.17, 15) is 4.79 Å². The van der Waals surface area contributed by atoms with Crippen LogP contribution in [0.3, 0.4) is 0 Å². The topological polar surface area (TPSA) is 29.1 Å². The fourth-order valence-corrected chi connectivity index (χ4v) is 1.09. The van der Waals surface area contributed by atoms with E-state index >= 15 is 0 Å². The molecule has 14 heavy (non-hydrogen) atoms. The molecule has 0 bridgehead atoms. The van der Waals surface area contributed by atoms with E-state index in [0.29, 0.717) is 0 Å². The Hall–Kier alpha value is -1.02. The Morgan fingerprint density at radius 3 is 2.36 bits per heavy atom. The molecule has 1 amide bonds. The average molecular weight is 212 g/mol. The molecule has 0 fully saturated rings. The summed E-state index contributed by atoms with van der Waals surface area (Å²) in [4.78, 5) is 11.5. The summed E-state index contributed by atoms with van der Waals surface area (Å²) in [5, 5.41) is 2.28. The normalized spacial score (nSPS) is 12.6. The van der Waals surface area contributed by atoms with E-state index in [4.69, 9.17) is 11.6 Å². The van der Waals surface area contributed by atoms with Crippen molar-refractivity contribution < 1.29 is 4.79 Å². The number of benzene rings is 1. The molecule has 1 aromatic rings. The maximum atomic E-state index is 11.5. The lowest BCUT2D eigenvalue weighted by atomic mass is 10.1. The number of rotatable bonds is 3. The molecule has 0 radical (unpaired) electrons. The molecular formula is C11H14ClNO. The lowest BCUT2D eigenvalue weighted by molar-refractivity contribution is -0.116. The smallest absolute Gasteiger partial charge is 0.242 e. The monoisotopic (exact) mass is 211 g/mol. The number of hydrogen-bond donors (Lipinski definition) is 1. The zero-order valence-electron chi connectivity index (χ0n) is 8.33. The van der Waals surface area contributed by atoms with Crippen LogP contribution in [0, 0.1) is 5.92 Å². The van der Waals surface area contributed by atoms with Gasteiger partial charge in [0.25, 0.3) is 0 Å². The number of carbonyl (C=O) groups is 1. The van der Waals surface area contributed by atoms with E-state index < -0.39 is 5.38 Å². The molecule has 2 nitrogen and oxygen atoms in total. The number of nitrogens with one attached hydrogen (secondary N) is 1. The van der Waals surface area contributed by atoms with Crippen LogP contribution in [0.1, 0.15) is 13.8 Å². The van der Waals surface area contributed by atoms with Crippen molar-refractivity contribution in [3.63, 3.8) is 0 Å². The van der Waals surface area contributed by atoms with Gasteiger partial charge in [0.1, 0.15) is 5.38 Å². The zero-order valence-corrected chi connectivity index (χ0v) is 9.08. The minimum atomic E-state index is -0.477. The minimum absolute atomic E-state index is 0.139. The van der Waals surface area contributed by atoms with Gasteiger partial charge >= 0.3 is 0 Å². The average Bonchev–Trinajstić information content (AvgIpc) is 2.18. The molecule has 0 aliphatic rings. The Bertz CT molecular complexity index is 297. The largest absolute Gasteiger partial charge is 0.325 e. The molecule has 1 N–H and O–H groups in total. The molecule has 0 heterocycles. The molecule has 0 saturated carbocycles. The number of halogens is 1. The van der Waals surface area contributed by atoms with Gasteiger partial charge in [-0.25, -0.2) is 0 Å². The van der Waals surface area contributed by atoms with Gasteiger partial charge < -0.3 is 5.32 Å². The van der Waals surface area contributed by atoms with Crippen molar-refractivity contribution >= 4 is 23.2 Å². The van der Waals surface area contributed by atoms with Gasteiger partial charge in [-0.3, -0.25) is 4.79 Å². The SMILES string of the molecule is CC(C)C(Cl)C(=O)Nc1ccccc1. The number of amides is 1. The first kappa shape index (κ1) is 11.1. The summed E-state index contributed by atoms with van der Waals surface area (Å²) in [5.74, 6) is -0.00625. The highest BCUT2D eigenvalue weighted by Crippen LogP contribution is 2.13. The van der Waals surface area contributed by atoms with E-state index in [0.717, 1.165) is 5.69 Å². The summed E-state index contributed by atoms with van der Waals surface area (Å²) in [5.41, 5.74) is 0.781. The number of hydrogen-bond acceptors (Lipinski definition) is 1. The van der Waals surface area contributed by atoms with Crippen LogP contribution in [-0.2, 0) is 4.79 Å². The Balaban J connectivity index is 2.58. The molecule has 0 spiro atoms. The van der Waals surface area contributed by atoms with Crippen molar-refractivity contribution in [2.75, 3.05) is 5.32 Å². The third-order valence-corrected chi connectivity index (χ3v) is 2.58. The molecule has 0 aromatic heterocycles. The first-order valence-electron chi connectivity index (χ1n) is 4.61. The molecule has 1 atom stereocenters. The van der Waals surface area contributed by atoms with Gasteiger partial charge in [0.15, 0.2) is 0 Å². The van der Waals surface area contributed by atoms with Crippen LogP contribution in [0.5, 0.6) is 0 Å². The second kappa shape index (κ2) is 5.01. The molecule has 1 aromatic carbocycles. The van der Waals surface area contributed by atoms with Crippen LogP contribution in [0.25, 0.3) is 0 Å². The summed E-state index contributed by atoms with van der Waals surface area (Å²) >= 11 is 5.90. The zero-order chi connectivity index (χ0) is 10.6. The van der Waals surface area contributed by atoms with E-state index in [1.165, 1.54) is 0 Å². The second-order valence-corrected chi connectivity index (χ2v) is 3.97. The second-order valence-electron chi connectivity index (χ2n) is 3.50. The van der Waals surface area contributed by atoms with Crippen LogP contribution in [0.15, 0.2) is 30.3 Å². The molecule has 1 unspecified atom stereocenters. The quantitative estimate of drug-likeness (QED) is 0.766. The van der Waals surface area contributed by atoms with Gasteiger partial charge in [0.05, 0.1) is 0 Å². The van der Waals surface area contributed by atoms with E-state index in [1.54, 1.807) is 0 Å². The first-order valence-corrected chi connectivity index (χ1v) is 5.05. The highest BCUT2D eigenvalue weighted by molar-refractivity contribution is 6.32. The van der Waals surface area contributed by atoms with Crippen LogP contribution < -0.4 is 5.32 Å². The van der Waals surface area contributed by atoms with Crippen molar-refractivity contribution in [3.8, 4) is 0 Å². The number of alkyl halides is 1. The summed E-state index contributed by atoms with van der Waals surface area (Å²) < 4.78 is 0. The van der Waals surface area contributed by atoms with Crippen molar-refractivity contribution in [2.45, 2.75) is 19.2 Å². The van der Waals surface area contributed by atoms with Gasteiger partial charge in [0, 0.05) is 5.69 Å². The summed E-state index contributed by atoms with van der Waals surface area (Å²) in [6.45, 7) is 3.84. The lowest BCUT2D eigenvalue weighted by Crippen LogP contribution is -2.27. The van der Waals surface area contributed by atoms with Crippen molar-refractivity contribution in [1.82, 2.24) is 0 Å². The van der Waals surface area contributed by atoms with Crippen molar-refractivity contribution in [3.05, 3.63) is 30.3 Å². The van der Waals surface area contributed by atoms with E-state index in [1.807, 2.05) is 44.2 Å². The van der Waals surface area contributed by atoms with E-state index in [-0.39, 0.29) is 11.8 Å². The Morgan fingerprint density at radius 2 is 1.86 bits per heavy atom. The molecule has 76 valence electrons. The van der Waals surface area contributed by atoms with Crippen molar-refractivity contribution in [1.29, 1.82) is 0 Å². The Kier molecular flexibility index (Phi) is 3.96. The highest BCUT2D eigenvalue weighted by atomic mass is 35.5. The van der Waals surface area contributed by atoms with E-state index in [2.05, 4.69) is 5.32 Å². The summed E-state index contributed by atoms with van der Waals surface area (Å²) in [7, 11) is 0. The number of anilines is 1. The first-order chi connectivity index (χ1) is 6.61. The van der Waals surface area contributed by atoms with Crippen LogP contribution >= 0.6 is 11.6 Å². The van der Waals surface area contributed by atoms with Gasteiger partial charge in [-0.05, 0) is 18.1 Å². The van der Waals surface area contributed by atoms with Crippen molar-refractivity contribution in [2.24, 2.45) is 5.92 Å². The third-order valence-electron chi connectivity index (χ3n) is 1.88. The maximum absolute atomic E-state index is 11.5. The van der Waals surface area contributed by atoms with Gasteiger partial charge in [-0.1, -0.05) is 32.0 Å². The molecule has 0 aliphatic heterocycles. The Morgan fingerprint density at radius 1 is 1.29 bits per heavy atom. The number of carbonyl (C=O) groups excluding carboxylic acids is 1. The minimum Gasteiger partial charge on any atom is -0.325 e. The van der Waals surface area contributed by atoms with Crippen LogP contribution in [-0.4, -0.2) is 11.3 Å². The maximum Gasteiger partial charge on any atom is 0.242 e. The lowest BCUT2D eigenvalue weighted by Gasteiger charge is -2.13. The fourth-order valence-electron chi connectivity index (χ4n) is 1.04. The van der Waals surface area contributed by atoms with Gasteiger partial charge in [-0.15, -0.1) is 11.6 Å². The highest BCUT2D eigenvalue weighted by Gasteiger charge is 2.18. The number of para-hydroxylation sites is 1. The predicted molar refractivity (Wildman–Crippen MR) is 59.6 cm³/mol. The van der Waals surface area contributed by atoms with Gasteiger partial charge in [-0.2, -0.15) is 0 Å². The standard InChI is InChI=1S/C11H14ClNO/c1-8(2)10(12)11(14)13-9-6-4-3-5-7-9/h3-8,10H,1-2H3,(H,13,14). The summed E-state index contributed by atoms with van der Waals surface area (Å²) in [6.07, 6.45) is 0. The molecule has 0 saturated heterocycles. The predicted octanol–water partition coefficient (Wildman–Crippen LogP) is 2.89. The van der Waals surface area contributed by atoms with Gasteiger partial charge in [0.2, 0.25) is 5.91 Å². The molecule has 1 rings (SSSR count). The fraction of sp³-hybridized carbons (Fsp3) is 0.364. The third kappa shape index (κ3) is 3.04. The Labute approximate surface area is 89.3 Å². The molecule has 0 aliphatic carbocycles. The molecular weight excluding hydrogens is 198 g/mol. The summed E-state index contributed by atoms with van der Waals surface area (Å²) in [6, 6.07) is 9.31. The molecule has 3 heteroatoms. The van der Waals surface area contributed by atoms with Crippen LogP contribution in [0.2, 0.25) is 0 Å².